The first-order valence-corrected chi connectivity index (χ1v) is 6.42. The molecular formula is C13H15BrN2. The van der Waals surface area contributed by atoms with E-state index in [1.807, 2.05) is 6.20 Å². The maximum atomic E-state index is 4.23. The van der Waals surface area contributed by atoms with E-state index in [9.17, 15) is 0 Å². The van der Waals surface area contributed by atoms with E-state index in [-0.39, 0.29) is 0 Å². The van der Waals surface area contributed by atoms with E-state index < -0.39 is 0 Å². The summed E-state index contributed by atoms with van der Waals surface area (Å²) in [4.78, 5) is 7.67. The first-order valence-electron chi connectivity index (χ1n) is 5.50. The smallest absolute Gasteiger partial charge is 0.107 e. The number of hydrogen-bond acceptors (Lipinski definition) is 1. The summed E-state index contributed by atoms with van der Waals surface area (Å²) in [5.41, 5.74) is 2.68. The van der Waals surface area contributed by atoms with Crippen LogP contribution in [0.4, 0.5) is 0 Å². The van der Waals surface area contributed by atoms with Crippen LogP contribution in [0.5, 0.6) is 0 Å². The van der Waals surface area contributed by atoms with Gasteiger partial charge >= 0.3 is 0 Å². The summed E-state index contributed by atoms with van der Waals surface area (Å²) < 4.78 is 0. The van der Waals surface area contributed by atoms with E-state index in [1.165, 1.54) is 11.1 Å². The largest absolute Gasteiger partial charge is 0.349 e. The number of rotatable bonds is 4. The fraction of sp³-hybridized carbons (Fsp3) is 0.308. The number of imidazole rings is 1. The Hall–Kier alpha value is -1.09. The molecule has 1 unspecified atom stereocenters. The van der Waals surface area contributed by atoms with E-state index >= 15 is 0 Å². The van der Waals surface area contributed by atoms with Crippen LogP contribution in [0.1, 0.15) is 28.7 Å². The van der Waals surface area contributed by atoms with Crippen molar-refractivity contribution in [3.8, 4) is 0 Å². The molecular weight excluding hydrogens is 264 g/mol. The normalized spacial score (nSPS) is 12.6. The Balaban J connectivity index is 2.05. The first kappa shape index (κ1) is 11.4. The predicted octanol–water partition coefficient (Wildman–Crippen LogP) is 3.65. The molecule has 0 saturated carbocycles. The highest BCUT2D eigenvalue weighted by molar-refractivity contribution is 9.09. The Morgan fingerprint density at radius 1 is 1.31 bits per heavy atom. The van der Waals surface area contributed by atoms with Crippen molar-refractivity contribution in [2.75, 3.05) is 0 Å². The Morgan fingerprint density at radius 2 is 2.06 bits per heavy atom. The Labute approximate surface area is 104 Å². The lowest BCUT2D eigenvalue weighted by atomic mass is 10.1. The van der Waals surface area contributed by atoms with Crippen molar-refractivity contribution in [3.05, 3.63) is 53.6 Å². The predicted molar refractivity (Wildman–Crippen MR) is 69.8 cm³/mol. The van der Waals surface area contributed by atoms with Gasteiger partial charge in [0.25, 0.3) is 0 Å². The minimum absolute atomic E-state index is 0.324. The van der Waals surface area contributed by atoms with Gasteiger partial charge in [-0.3, -0.25) is 0 Å². The van der Waals surface area contributed by atoms with Gasteiger partial charge in [0.2, 0.25) is 0 Å². The van der Waals surface area contributed by atoms with Crippen molar-refractivity contribution < 1.29 is 0 Å². The molecule has 0 aliphatic heterocycles. The van der Waals surface area contributed by atoms with Crippen LogP contribution >= 0.6 is 15.9 Å². The van der Waals surface area contributed by atoms with Gasteiger partial charge in [-0.2, -0.15) is 0 Å². The number of halogens is 1. The number of alkyl halides is 1. The minimum Gasteiger partial charge on any atom is -0.349 e. The zero-order valence-electron chi connectivity index (χ0n) is 9.28. The van der Waals surface area contributed by atoms with Crippen LogP contribution in [0, 0.1) is 0 Å². The summed E-state index contributed by atoms with van der Waals surface area (Å²) in [6, 6.07) is 8.74. The maximum Gasteiger partial charge on any atom is 0.107 e. The van der Waals surface area contributed by atoms with Crippen molar-refractivity contribution in [1.82, 2.24) is 9.97 Å². The highest BCUT2D eigenvalue weighted by Crippen LogP contribution is 2.26. The Bertz CT molecular complexity index is 420. The summed E-state index contributed by atoms with van der Waals surface area (Å²) in [5, 5.41) is 0. The topological polar surface area (TPSA) is 28.7 Å². The molecule has 16 heavy (non-hydrogen) atoms. The summed E-state index contributed by atoms with van der Waals surface area (Å²) >= 11 is 3.69. The van der Waals surface area contributed by atoms with E-state index in [4.69, 9.17) is 0 Å². The van der Waals surface area contributed by atoms with Crippen molar-refractivity contribution in [1.29, 1.82) is 0 Å². The molecule has 0 radical (unpaired) electrons. The molecule has 0 spiro atoms. The van der Waals surface area contributed by atoms with Crippen LogP contribution in [-0.2, 0) is 12.8 Å². The third-order valence-corrected chi connectivity index (χ3v) is 3.53. The molecule has 3 heteroatoms. The maximum absolute atomic E-state index is 4.23. The zero-order valence-corrected chi connectivity index (χ0v) is 10.9. The van der Waals surface area contributed by atoms with Gasteiger partial charge in [-0.1, -0.05) is 47.1 Å². The van der Waals surface area contributed by atoms with Gasteiger partial charge in [0.15, 0.2) is 0 Å². The molecule has 1 atom stereocenters. The zero-order chi connectivity index (χ0) is 11.4. The standard InChI is InChI=1S/C13H15BrN2/c1-2-10-3-5-11(6-4-10)12(14)9-13-15-7-8-16-13/h3-8,12H,2,9H2,1H3,(H,15,16). The van der Waals surface area contributed by atoms with Gasteiger partial charge in [-0.05, 0) is 17.5 Å². The quantitative estimate of drug-likeness (QED) is 0.850. The van der Waals surface area contributed by atoms with Crippen molar-refractivity contribution in [2.45, 2.75) is 24.6 Å². The summed E-state index contributed by atoms with van der Waals surface area (Å²) in [6.07, 6.45) is 5.62. The summed E-state index contributed by atoms with van der Waals surface area (Å²) in [6.45, 7) is 2.17. The molecule has 1 heterocycles. The molecule has 2 rings (SSSR count). The molecule has 0 bridgehead atoms. The van der Waals surface area contributed by atoms with Gasteiger partial charge in [-0.15, -0.1) is 0 Å². The molecule has 0 fully saturated rings. The fourth-order valence-electron chi connectivity index (χ4n) is 1.66. The number of nitrogens with zero attached hydrogens (tertiary/aromatic N) is 1. The van der Waals surface area contributed by atoms with Crippen molar-refractivity contribution in [3.63, 3.8) is 0 Å². The van der Waals surface area contributed by atoms with E-state index in [0.717, 1.165) is 18.7 Å². The third-order valence-electron chi connectivity index (χ3n) is 2.68. The molecule has 1 aromatic carbocycles. The van der Waals surface area contributed by atoms with Gasteiger partial charge in [0.1, 0.15) is 5.82 Å². The van der Waals surface area contributed by atoms with Crippen LogP contribution < -0.4 is 0 Å². The average Bonchev–Trinajstić information content (AvgIpc) is 2.82. The number of H-pyrrole nitrogens is 1. The van der Waals surface area contributed by atoms with E-state index in [1.54, 1.807) is 6.20 Å². The second-order valence-corrected chi connectivity index (χ2v) is 4.91. The van der Waals surface area contributed by atoms with Crippen LogP contribution in [-0.4, -0.2) is 9.97 Å². The van der Waals surface area contributed by atoms with Crippen molar-refractivity contribution >= 4 is 15.9 Å². The van der Waals surface area contributed by atoms with Gasteiger partial charge in [0, 0.05) is 23.6 Å². The van der Waals surface area contributed by atoms with Gasteiger partial charge < -0.3 is 4.98 Å². The van der Waals surface area contributed by atoms with E-state index in [0.29, 0.717) is 4.83 Å². The van der Waals surface area contributed by atoms with Crippen LogP contribution in [0.25, 0.3) is 0 Å². The SMILES string of the molecule is CCc1ccc(C(Br)Cc2ncc[nH]2)cc1. The number of aryl methyl sites for hydroxylation is 1. The average molecular weight is 279 g/mol. The number of nitrogens with one attached hydrogen (secondary N) is 1. The van der Waals surface area contributed by atoms with Crippen molar-refractivity contribution in [2.24, 2.45) is 0 Å². The molecule has 84 valence electrons. The molecule has 0 amide bonds. The molecule has 1 N–H and O–H groups in total. The second-order valence-electron chi connectivity index (χ2n) is 3.80. The molecule has 2 aromatic rings. The second kappa shape index (κ2) is 5.30. The Morgan fingerprint density at radius 3 is 2.62 bits per heavy atom. The third kappa shape index (κ3) is 2.73. The first-order chi connectivity index (χ1) is 7.79. The highest BCUT2D eigenvalue weighted by Gasteiger charge is 2.09. The van der Waals surface area contributed by atoms with Gasteiger partial charge in [0.05, 0.1) is 0 Å². The lowest BCUT2D eigenvalue weighted by molar-refractivity contribution is 0.875. The van der Waals surface area contributed by atoms with Gasteiger partial charge in [-0.25, -0.2) is 4.98 Å². The van der Waals surface area contributed by atoms with Crippen LogP contribution in [0.3, 0.4) is 0 Å². The lowest BCUT2D eigenvalue weighted by Crippen LogP contribution is -1.97. The molecule has 2 nitrogen and oxygen atoms in total. The monoisotopic (exact) mass is 278 g/mol. The Kier molecular flexibility index (Phi) is 3.78. The lowest BCUT2D eigenvalue weighted by Gasteiger charge is -2.09. The highest BCUT2D eigenvalue weighted by atomic mass is 79.9. The fourth-order valence-corrected chi connectivity index (χ4v) is 2.27. The summed E-state index contributed by atoms with van der Waals surface area (Å²) in [5.74, 6) is 1.02. The number of aromatic nitrogens is 2. The summed E-state index contributed by atoms with van der Waals surface area (Å²) in [7, 11) is 0. The number of aromatic amines is 1. The molecule has 1 aromatic heterocycles. The molecule has 0 aliphatic carbocycles. The molecule has 0 saturated heterocycles. The minimum atomic E-state index is 0.324. The number of hydrogen-bond donors (Lipinski definition) is 1. The van der Waals surface area contributed by atoms with Crippen LogP contribution in [0.15, 0.2) is 36.7 Å². The van der Waals surface area contributed by atoms with Crippen LogP contribution in [0.2, 0.25) is 0 Å². The molecule has 0 aliphatic rings. The number of benzene rings is 1. The van der Waals surface area contributed by atoms with E-state index in [2.05, 4.69) is 57.1 Å².